The van der Waals surface area contributed by atoms with Crippen LogP contribution in [0, 0.1) is 6.42 Å². The van der Waals surface area contributed by atoms with E-state index in [0.717, 1.165) is 0 Å². The molecule has 0 heteroatoms. The van der Waals surface area contributed by atoms with E-state index in [4.69, 9.17) is 0 Å². The molecule has 0 unspecified atom stereocenters. The topological polar surface area (TPSA) is 0 Å². The van der Waals surface area contributed by atoms with Crippen molar-refractivity contribution in [2.24, 2.45) is 0 Å². The van der Waals surface area contributed by atoms with Gasteiger partial charge in [-0.25, -0.2) is 0 Å². The zero-order valence-corrected chi connectivity index (χ0v) is 11.8. The van der Waals surface area contributed by atoms with Crippen LogP contribution in [0.4, 0.5) is 0 Å². The molecule has 0 saturated heterocycles. The lowest BCUT2D eigenvalue weighted by molar-refractivity contribution is 0.609. The maximum absolute atomic E-state index is 3.66. The molecule has 0 fully saturated rings. The second-order valence-electron chi connectivity index (χ2n) is 4.79. The fourth-order valence-corrected chi connectivity index (χ4v) is 1.96. The van der Waals surface area contributed by atoms with Crippen LogP contribution < -0.4 is 0 Å². The maximum Gasteiger partial charge on any atom is -0.0348 e. The summed E-state index contributed by atoms with van der Waals surface area (Å²) in [6.45, 7) is 5.94. The Morgan fingerprint density at radius 2 is 1.35 bits per heavy atom. The minimum atomic E-state index is 1.21. The van der Waals surface area contributed by atoms with Crippen LogP contribution in [-0.2, 0) is 0 Å². The van der Waals surface area contributed by atoms with Crippen LogP contribution in [0.15, 0.2) is 24.8 Å². The standard InChI is InChI=1S/C17H31/c1-3-5-7-9-11-13-15-17-16-14-12-10-8-6-4-2/h3,5,7,16H,1,4,6,8-15,17H2,2H3. The Bertz CT molecular complexity index is 167. The molecule has 0 aromatic carbocycles. The van der Waals surface area contributed by atoms with Crippen molar-refractivity contribution in [3.05, 3.63) is 31.2 Å². The third kappa shape index (κ3) is 15.5. The molecule has 0 amide bonds. The van der Waals surface area contributed by atoms with Crippen molar-refractivity contribution in [1.29, 1.82) is 0 Å². The normalized spacial score (nSPS) is 11.1. The van der Waals surface area contributed by atoms with Gasteiger partial charge >= 0.3 is 0 Å². The highest BCUT2D eigenvalue weighted by Crippen LogP contribution is 2.11. The number of allylic oxidation sites excluding steroid dienone is 3. The van der Waals surface area contributed by atoms with Crippen molar-refractivity contribution in [2.45, 2.75) is 77.6 Å². The van der Waals surface area contributed by atoms with E-state index in [-0.39, 0.29) is 0 Å². The van der Waals surface area contributed by atoms with Gasteiger partial charge in [0.1, 0.15) is 0 Å². The second-order valence-corrected chi connectivity index (χ2v) is 4.79. The summed E-state index contributed by atoms with van der Waals surface area (Å²) in [5.41, 5.74) is 0. The highest BCUT2D eigenvalue weighted by atomic mass is 14.0. The fourth-order valence-electron chi connectivity index (χ4n) is 1.96. The number of hydrogen-bond acceptors (Lipinski definition) is 0. The quantitative estimate of drug-likeness (QED) is 0.262. The minimum absolute atomic E-state index is 1.21. The fraction of sp³-hybridized carbons (Fsp3) is 0.706. The zero-order chi connectivity index (χ0) is 12.6. The number of unbranched alkanes of at least 4 members (excludes halogenated alkanes) is 11. The molecule has 0 atom stereocenters. The summed E-state index contributed by atoms with van der Waals surface area (Å²) in [4.78, 5) is 0. The largest absolute Gasteiger partial charge is 0.0991 e. The van der Waals surface area contributed by atoms with Crippen molar-refractivity contribution in [3.8, 4) is 0 Å². The van der Waals surface area contributed by atoms with Gasteiger partial charge in [0.2, 0.25) is 0 Å². The lowest BCUT2D eigenvalue weighted by Gasteiger charge is -2.01. The van der Waals surface area contributed by atoms with Gasteiger partial charge in [0, 0.05) is 0 Å². The van der Waals surface area contributed by atoms with E-state index in [1.54, 1.807) is 0 Å². The molecule has 0 rings (SSSR count). The molecule has 0 aromatic rings. The van der Waals surface area contributed by atoms with Gasteiger partial charge in [-0.05, 0) is 19.3 Å². The molecule has 0 spiro atoms. The Hall–Kier alpha value is -0.520. The van der Waals surface area contributed by atoms with Crippen LogP contribution in [0.25, 0.3) is 0 Å². The monoisotopic (exact) mass is 235 g/mol. The first-order valence-corrected chi connectivity index (χ1v) is 7.51. The summed E-state index contributed by atoms with van der Waals surface area (Å²) in [5, 5.41) is 0. The Kier molecular flexibility index (Phi) is 15.0. The molecular weight excluding hydrogens is 204 g/mol. The first-order chi connectivity index (χ1) is 8.41. The molecule has 0 aliphatic carbocycles. The average Bonchev–Trinajstić information content (AvgIpc) is 2.35. The summed E-state index contributed by atoms with van der Waals surface area (Å²) >= 11 is 0. The predicted octanol–water partition coefficient (Wildman–Crippen LogP) is 6.24. The molecular formula is C17H31. The number of hydrogen-bond donors (Lipinski definition) is 0. The third-order valence-electron chi connectivity index (χ3n) is 3.06. The lowest BCUT2D eigenvalue weighted by atomic mass is 10.1. The summed E-state index contributed by atoms with van der Waals surface area (Å²) in [6, 6.07) is 0. The van der Waals surface area contributed by atoms with Crippen LogP contribution in [0.1, 0.15) is 77.6 Å². The van der Waals surface area contributed by atoms with Gasteiger partial charge in [-0.15, -0.1) is 0 Å². The van der Waals surface area contributed by atoms with Crippen molar-refractivity contribution in [3.63, 3.8) is 0 Å². The van der Waals surface area contributed by atoms with E-state index < -0.39 is 0 Å². The first kappa shape index (κ1) is 16.5. The third-order valence-corrected chi connectivity index (χ3v) is 3.06. The highest BCUT2D eigenvalue weighted by molar-refractivity contribution is 4.96. The van der Waals surface area contributed by atoms with Crippen LogP contribution in [0.5, 0.6) is 0 Å². The molecule has 0 N–H and O–H groups in total. The van der Waals surface area contributed by atoms with Gasteiger partial charge in [-0.2, -0.15) is 0 Å². The molecule has 0 bridgehead atoms. The van der Waals surface area contributed by atoms with Crippen LogP contribution in [-0.4, -0.2) is 0 Å². The predicted molar refractivity (Wildman–Crippen MR) is 80.1 cm³/mol. The van der Waals surface area contributed by atoms with E-state index in [0.29, 0.717) is 0 Å². The summed E-state index contributed by atoms with van der Waals surface area (Å²) in [5.74, 6) is 0. The van der Waals surface area contributed by atoms with Crippen molar-refractivity contribution < 1.29 is 0 Å². The van der Waals surface area contributed by atoms with E-state index in [2.05, 4.69) is 26.0 Å². The number of rotatable bonds is 13. The molecule has 0 aliphatic heterocycles. The Morgan fingerprint density at radius 1 is 0.765 bits per heavy atom. The van der Waals surface area contributed by atoms with Crippen molar-refractivity contribution >= 4 is 0 Å². The summed E-state index contributed by atoms with van der Waals surface area (Å²) < 4.78 is 0. The molecule has 0 saturated carbocycles. The Labute approximate surface area is 109 Å². The van der Waals surface area contributed by atoms with Gasteiger partial charge in [-0.1, -0.05) is 89.5 Å². The van der Waals surface area contributed by atoms with E-state index in [1.165, 1.54) is 70.6 Å². The van der Waals surface area contributed by atoms with Crippen molar-refractivity contribution in [1.82, 2.24) is 0 Å². The molecule has 0 aromatic heterocycles. The van der Waals surface area contributed by atoms with Crippen molar-refractivity contribution in [2.75, 3.05) is 0 Å². The van der Waals surface area contributed by atoms with E-state index in [9.17, 15) is 0 Å². The van der Waals surface area contributed by atoms with Crippen LogP contribution >= 0.6 is 0 Å². The van der Waals surface area contributed by atoms with Crippen LogP contribution in [0.3, 0.4) is 0 Å². The zero-order valence-electron chi connectivity index (χ0n) is 11.8. The van der Waals surface area contributed by atoms with Gasteiger partial charge in [-0.3, -0.25) is 0 Å². The lowest BCUT2D eigenvalue weighted by Crippen LogP contribution is -1.82. The minimum Gasteiger partial charge on any atom is -0.0991 e. The first-order valence-electron chi connectivity index (χ1n) is 7.51. The summed E-state index contributed by atoms with van der Waals surface area (Å²) in [6.07, 6.45) is 23.6. The SMILES string of the molecule is C=CC=CCCCCC[CH]CCCCCCC. The van der Waals surface area contributed by atoms with E-state index in [1.807, 2.05) is 12.2 Å². The Morgan fingerprint density at radius 3 is 2.00 bits per heavy atom. The van der Waals surface area contributed by atoms with Gasteiger partial charge in [0.05, 0.1) is 0 Å². The molecule has 1 radical (unpaired) electrons. The van der Waals surface area contributed by atoms with Gasteiger partial charge in [0.15, 0.2) is 0 Å². The molecule has 17 heavy (non-hydrogen) atoms. The van der Waals surface area contributed by atoms with Gasteiger partial charge in [0.25, 0.3) is 0 Å². The average molecular weight is 235 g/mol. The summed E-state index contributed by atoms with van der Waals surface area (Å²) in [7, 11) is 0. The van der Waals surface area contributed by atoms with Crippen LogP contribution in [0.2, 0.25) is 0 Å². The smallest absolute Gasteiger partial charge is 0.0348 e. The molecule has 99 valence electrons. The Balaban J connectivity index is 2.93. The molecule has 0 heterocycles. The van der Waals surface area contributed by atoms with Gasteiger partial charge < -0.3 is 0 Å². The second kappa shape index (κ2) is 15.5. The van der Waals surface area contributed by atoms with E-state index >= 15 is 0 Å². The molecule has 0 nitrogen and oxygen atoms in total. The maximum atomic E-state index is 3.66. The molecule has 0 aliphatic rings. The highest BCUT2D eigenvalue weighted by Gasteiger charge is 1.92.